The Morgan fingerprint density at radius 1 is 1.43 bits per heavy atom. The van der Waals surface area contributed by atoms with Gasteiger partial charge in [-0.2, -0.15) is 11.8 Å². The zero-order chi connectivity index (χ0) is 10.6. The van der Waals surface area contributed by atoms with Crippen molar-refractivity contribution in [3.05, 3.63) is 0 Å². The van der Waals surface area contributed by atoms with E-state index in [0.717, 1.165) is 37.7 Å². The van der Waals surface area contributed by atoms with E-state index in [9.17, 15) is 5.11 Å². The minimum absolute atomic E-state index is 0.457. The first kappa shape index (κ1) is 12.3. The lowest BCUT2D eigenvalue weighted by molar-refractivity contribution is -0.00222. The third-order valence-corrected chi connectivity index (χ3v) is 4.30. The summed E-state index contributed by atoms with van der Waals surface area (Å²) in [7, 11) is 0. The van der Waals surface area contributed by atoms with Gasteiger partial charge < -0.3 is 5.11 Å². The number of thioether (sulfide) groups is 1. The van der Waals surface area contributed by atoms with Crippen LogP contribution in [0.4, 0.5) is 0 Å². The Bertz CT molecular complexity index is 171. The van der Waals surface area contributed by atoms with Gasteiger partial charge in [0.2, 0.25) is 0 Å². The van der Waals surface area contributed by atoms with Gasteiger partial charge in [-0.15, -0.1) is 0 Å². The summed E-state index contributed by atoms with van der Waals surface area (Å²) in [6.07, 6.45) is 1.73. The minimum Gasteiger partial charge on any atom is -0.389 e. The molecule has 0 radical (unpaired) electrons. The van der Waals surface area contributed by atoms with Crippen LogP contribution in [0.2, 0.25) is 0 Å². The molecule has 1 fully saturated rings. The maximum absolute atomic E-state index is 10.2. The summed E-state index contributed by atoms with van der Waals surface area (Å²) in [6.45, 7) is 9.54. The number of hydrogen-bond donors (Lipinski definition) is 1. The largest absolute Gasteiger partial charge is 0.389 e. The summed E-state index contributed by atoms with van der Waals surface area (Å²) in [5, 5.41) is 10.9. The van der Waals surface area contributed by atoms with Crippen LogP contribution < -0.4 is 0 Å². The molecular formula is C11H23NOS. The Hall–Kier alpha value is 0.270. The fourth-order valence-corrected chi connectivity index (χ4v) is 3.01. The smallest absolute Gasteiger partial charge is 0.0768 e. The monoisotopic (exact) mass is 217 g/mol. The van der Waals surface area contributed by atoms with Gasteiger partial charge >= 0.3 is 0 Å². The number of nitrogens with zero attached hydrogens (tertiary/aromatic N) is 1. The molecule has 1 aliphatic rings. The summed E-state index contributed by atoms with van der Waals surface area (Å²) in [6, 6.07) is 0. The van der Waals surface area contributed by atoms with E-state index in [4.69, 9.17) is 0 Å². The predicted molar refractivity (Wildman–Crippen MR) is 63.9 cm³/mol. The summed E-state index contributed by atoms with van der Waals surface area (Å²) in [5.74, 6) is 1.21. The van der Waals surface area contributed by atoms with Crippen molar-refractivity contribution in [2.24, 2.45) is 0 Å². The molecule has 0 spiro atoms. The highest BCUT2D eigenvalue weighted by atomic mass is 32.2. The molecule has 0 saturated carbocycles. The maximum atomic E-state index is 10.2. The number of rotatable bonds is 4. The van der Waals surface area contributed by atoms with Crippen molar-refractivity contribution in [3.63, 3.8) is 0 Å². The van der Waals surface area contributed by atoms with E-state index in [0.29, 0.717) is 0 Å². The Balaban J connectivity index is 2.41. The van der Waals surface area contributed by atoms with Crippen LogP contribution in [-0.4, -0.2) is 46.2 Å². The molecular weight excluding hydrogens is 194 g/mol. The van der Waals surface area contributed by atoms with Crippen molar-refractivity contribution in [1.82, 2.24) is 4.90 Å². The van der Waals surface area contributed by atoms with Gasteiger partial charge in [0, 0.05) is 30.6 Å². The molecule has 0 aromatic rings. The zero-order valence-corrected chi connectivity index (χ0v) is 10.4. The van der Waals surface area contributed by atoms with Crippen molar-refractivity contribution < 1.29 is 5.11 Å². The Kier molecular flexibility index (Phi) is 4.74. The van der Waals surface area contributed by atoms with Gasteiger partial charge in [-0.25, -0.2) is 0 Å². The lowest BCUT2D eigenvalue weighted by Crippen LogP contribution is -2.47. The highest BCUT2D eigenvalue weighted by Crippen LogP contribution is 2.22. The van der Waals surface area contributed by atoms with Gasteiger partial charge in [0.1, 0.15) is 0 Å². The second kappa shape index (κ2) is 5.38. The van der Waals surface area contributed by atoms with Crippen LogP contribution in [0, 0.1) is 0 Å². The standard InChI is InChI=1S/C11H23NOS/c1-4-11(13,5-2)9-12-6-7-14-10(3)8-12/h10,13H,4-9H2,1-3H3. The average Bonchev–Trinajstić information content (AvgIpc) is 2.18. The topological polar surface area (TPSA) is 23.5 Å². The first-order valence-electron chi connectivity index (χ1n) is 5.66. The summed E-state index contributed by atoms with van der Waals surface area (Å²) < 4.78 is 0. The van der Waals surface area contributed by atoms with Crippen molar-refractivity contribution in [1.29, 1.82) is 0 Å². The van der Waals surface area contributed by atoms with E-state index >= 15 is 0 Å². The normalized spacial score (nSPS) is 25.3. The molecule has 2 nitrogen and oxygen atoms in total. The molecule has 14 heavy (non-hydrogen) atoms. The van der Waals surface area contributed by atoms with E-state index in [1.54, 1.807) is 0 Å². The van der Waals surface area contributed by atoms with Gasteiger partial charge in [-0.3, -0.25) is 4.90 Å². The Morgan fingerprint density at radius 3 is 2.57 bits per heavy atom. The van der Waals surface area contributed by atoms with E-state index in [-0.39, 0.29) is 0 Å². The average molecular weight is 217 g/mol. The number of β-amino-alcohol motifs (C(OH)–C–C–N with tert-alkyl or cyclic N) is 1. The molecule has 84 valence electrons. The van der Waals surface area contributed by atoms with Crippen molar-refractivity contribution in [2.45, 2.75) is 44.5 Å². The third kappa shape index (κ3) is 3.44. The summed E-state index contributed by atoms with van der Waals surface area (Å²) in [4.78, 5) is 2.41. The van der Waals surface area contributed by atoms with E-state index in [2.05, 4.69) is 25.7 Å². The van der Waals surface area contributed by atoms with Crippen LogP contribution in [0.3, 0.4) is 0 Å². The van der Waals surface area contributed by atoms with Crippen LogP contribution in [0.5, 0.6) is 0 Å². The zero-order valence-electron chi connectivity index (χ0n) is 9.62. The van der Waals surface area contributed by atoms with Crippen molar-refractivity contribution >= 4 is 11.8 Å². The Labute approximate surface area is 92.1 Å². The Morgan fingerprint density at radius 2 is 2.07 bits per heavy atom. The van der Waals surface area contributed by atoms with Gasteiger partial charge in [0.05, 0.1) is 5.60 Å². The molecule has 1 N–H and O–H groups in total. The molecule has 1 aliphatic heterocycles. The predicted octanol–water partition coefficient (Wildman–Crippen LogP) is 1.97. The molecule has 0 amide bonds. The molecule has 1 heterocycles. The minimum atomic E-state index is -0.457. The lowest BCUT2D eigenvalue weighted by atomic mass is 9.97. The van der Waals surface area contributed by atoms with Gasteiger partial charge in [0.25, 0.3) is 0 Å². The maximum Gasteiger partial charge on any atom is 0.0768 e. The summed E-state index contributed by atoms with van der Waals surface area (Å²) in [5.41, 5.74) is -0.457. The summed E-state index contributed by atoms with van der Waals surface area (Å²) >= 11 is 2.04. The highest BCUT2D eigenvalue weighted by molar-refractivity contribution is 7.99. The van der Waals surface area contributed by atoms with E-state index < -0.39 is 5.60 Å². The van der Waals surface area contributed by atoms with Gasteiger partial charge in [-0.05, 0) is 12.8 Å². The van der Waals surface area contributed by atoms with Gasteiger partial charge in [-0.1, -0.05) is 20.8 Å². The SMILES string of the molecule is CCC(O)(CC)CN1CCSC(C)C1. The van der Waals surface area contributed by atoms with E-state index in [1.165, 1.54) is 5.75 Å². The van der Waals surface area contributed by atoms with Gasteiger partial charge in [0.15, 0.2) is 0 Å². The first-order chi connectivity index (χ1) is 6.59. The molecule has 0 aromatic heterocycles. The molecule has 3 heteroatoms. The van der Waals surface area contributed by atoms with Crippen LogP contribution >= 0.6 is 11.8 Å². The molecule has 0 bridgehead atoms. The highest BCUT2D eigenvalue weighted by Gasteiger charge is 2.27. The second-order valence-corrected chi connectivity index (χ2v) is 5.89. The third-order valence-electron chi connectivity index (χ3n) is 3.16. The van der Waals surface area contributed by atoms with E-state index in [1.807, 2.05) is 11.8 Å². The van der Waals surface area contributed by atoms with Crippen LogP contribution in [0.25, 0.3) is 0 Å². The first-order valence-corrected chi connectivity index (χ1v) is 6.71. The molecule has 0 aromatic carbocycles. The fraction of sp³-hybridized carbons (Fsp3) is 1.00. The second-order valence-electron chi connectivity index (χ2n) is 4.35. The fourth-order valence-electron chi connectivity index (χ4n) is 1.92. The van der Waals surface area contributed by atoms with Crippen LogP contribution in [-0.2, 0) is 0 Å². The van der Waals surface area contributed by atoms with Crippen molar-refractivity contribution in [3.8, 4) is 0 Å². The molecule has 0 aliphatic carbocycles. The molecule has 1 saturated heterocycles. The molecule has 1 unspecified atom stereocenters. The lowest BCUT2D eigenvalue weighted by Gasteiger charge is -2.37. The van der Waals surface area contributed by atoms with Crippen molar-refractivity contribution in [2.75, 3.05) is 25.4 Å². The molecule has 1 rings (SSSR count). The quantitative estimate of drug-likeness (QED) is 0.779. The van der Waals surface area contributed by atoms with Crippen LogP contribution in [0.1, 0.15) is 33.6 Å². The number of hydrogen-bond acceptors (Lipinski definition) is 3. The van der Waals surface area contributed by atoms with Crippen LogP contribution in [0.15, 0.2) is 0 Å². The number of aliphatic hydroxyl groups is 1. The molecule has 1 atom stereocenters.